The Morgan fingerprint density at radius 2 is 1.68 bits per heavy atom. The second-order valence-corrected chi connectivity index (χ2v) is 8.66. The number of hydrogen-bond acceptors (Lipinski definition) is 7. The highest BCUT2D eigenvalue weighted by molar-refractivity contribution is 6.23. The van der Waals surface area contributed by atoms with Gasteiger partial charge in [0.1, 0.15) is 17.5 Å². The number of carbonyl (C=O) groups is 3. The summed E-state index contributed by atoms with van der Waals surface area (Å²) in [6, 6.07) is 12.6. The van der Waals surface area contributed by atoms with E-state index < -0.39 is 35.4 Å². The highest BCUT2D eigenvalue weighted by Gasteiger charge is 2.39. The molecule has 1 aliphatic rings. The van der Waals surface area contributed by atoms with Crippen LogP contribution in [-0.2, 0) is 9.59 Å². The van der Waals surface area contributed by atoms with Crippen LogP contribution in [0.3, 0.4) is 0 Å². The number of imide groups is 1. The second kappa shape index (κ2) is 10.8. The molecular formula is C28H22F2N4O6. The number of aromatic nitrogens is 1. The number of rotatable bonds is 7. The van der Waals surface area contributed by atoms with E-state index in [0.29, 0.717) is 28.2 Å². The van der Waals surface area contributed by atoms with Gasteiger partial charge in [-0.3, -0.25) is 14.6 Å². The van der Waals surface area contributed by atoms with Gasteiger partial charge >= 0.3 is 6.03 Å². The molecule has 10 nitrogen and oxygen atoms in total. The number of methoxy groups -OCH3 is 2. The molecule has 4 aromatic rings. The van der Waals surface area contributed by atoms with Crippen LogP contribution in [0.4, 0.5) is 25.0 Å². The number of anilines is 2. The second-order valence-electron chi connectivity index (χ2n) is 8.66. The maximum atomic E-state index is 15.0. The molecule has 1 fully saturated rings. The minimum Gasteiger partial charge on any atom is -0.493 e. The first-order valence-corrected chi connectivity index (χ1v) is 12.0. The standard InChI is InChI=1S/C28H22F2N4O6/c1-38-24-12-18-21(13-25(24)39-2)31-10-9-22(18)40-23-8-5-16(11-20(23)30)33-26(35)19-14-32-28(37)34(27(19)36)17-6-3-15(29)4-7-17/h3-13,19H,14H2,1-2H3,(H,32,37)(H,33,35). The number of pyridine rings is 1. The largest absolute Gasteiger partial charge is 0.493 e. The summed E-state index contributed by atoms with van der Waals surface area (Å²) in [5, 5.41) is 5.52. The Bertz CT molecular complexity index is 1630. The monoisotopic (exact) mass is 548 g/mol. The summed E-state index contributed by atoms with van der Waals surface area (Å²) in [5.41, 5.74) is 0.714. The van der Waals surface area contributed by atoms with Gasteiger partial charge in [-0.1, -0.05) is 0 Å². The molecule has 0 radical (unpaired) electrons. The third-order valence-electron chi connectivity index (χ3n) is 6.21. The van der Waals surface area contributed by atoms with Crippen LogP contribution >= 0.6 is 0 Å². The van der Waals surface area contributed by atoms with E-state index >= 15 is 4.39 Å². The van der Waals surface area contributed by atoms with Gasteiger partial charge in [0.05, 0.1) is 25.4 Å². The van der Waals surface area contributed by atoms with Gasteiger partial charge in [0.2, 0.25) is 11.8 Å². The fourth-order valence-corrected chi connectivity index (χ4v) is 4.20. The lowest BCUT2D eigenvalue weighted by atomic mass is 10.0. The van der Waals surface area contributed by atoms with Gasteiger partial charge in [-0.15, -0.1) is 0 Å². The molecule has 204 valence electrons. The zero-order valence-corrected chi connectivity index (χ0v) is 21.2. The molecule has 1 aliphatic heterocycles. The molecule has 3 aromatic carbocycles. The van der Waals surface area contributed by atoms with Crippen molar-refractivity contribution in [2.24, 2.45) is 5.92 Å². The van der Waals surface area contributed by atoms with Crippen molar-refractivity contribution in [3.8, 4) is 23.0 Å². The Morgan fingerprint density at radius 3 is 2.38 bits per heavy atom. The first-order chi connectivity index (χ1) is 19.3. The molecule has 0 spiro atoms. The van der Waals surface area contributed by atoms with Crippen LogP contribution in [0.25, 0.3) is 10.9 Å². The van der Waals surface area contributed by atoms with Crippen molar-refractivity contribution in [1.82, 2.24) is 10.3 Å². The fraction of sp³-hybridized carbons (Fsp3) is 0.143. The van der Waals surface area contributed by atoms with Crippen molar-refractivity contribution in [2.45, 2.75) is 0 Å². The Kier molecular flexibility index (Phi) is 7.15. The summed E-state index contributed by atoms with van der Waals surface area (Å²) < 4.78 is 44.8. The molecule has 1 saturated heterocycles. The predicted molar refractivity (Wildman–Crippen MR) is 141 cm³/mol. The van der Waals surface area contributed by atoms with Crippen LogP contribution in [0.2, 0.25) is 0 Å². The molecule has 4 amide bonds. The molecule has 2 heterocycles. The lowest BCUT2D eigenvalue weighted by molar-refractivity contribution is -0.130. The summed E-state index contributed by atoms with van der Waals surface area (Å²) in [5.74, 6) is -3.07. The first kappa shape index (κ1) is 26.4. The van der Waals surface area contributed by atoms with Crippen LogP contribution in [0.1, 0.15) is 0 Å². The SMILES string of the molecule is COc1cc2nccc(Oc3ccc(NC(=O)C4CNC(=O)N(c5ccc(F)cc5)C4=O)cc3F)c2cc1OC. The Balaban J connectivity index is 1.33. The number of nitrogens with one attached hydrogen (secondary N) is 2. The molecule has 1 atom stereocenters. The van der Waals surface area contributed by atoms with Gasteiger partial charge in [0.25, 0.3) is 0 Å². The summed E-state index contributed by atoms with van der Waals surface area (Å²) >= 11 is 0. The van der Waals surface area contributed by atoms with Gasteiger partial charge in [0, 0.05) is 35.9 Å². The summed E-state index contributed by atoms with van der Waals surface area (Å²) in [4.78, 5) is 43.2. The fourth-order valence-electron chi connectivity index (χ4n) is 4.20. The Labute approximate surface area is 226 Å². The Morgan fingerprint density at radius 1 is 0.950 bits per heavy atom. The van der Waals surface area contributed by atoms with Crippen molar-refractivity contribution < 1.29 is 37.4 Å². The van der Waals surface area contributed by atoms with Crippen LogP contribution < -0.4 is 29.7 Å². The van der Waals surface area contributed by atoms with E-state index in [9.17, 15) is 18.8 Å². The lowest BCUT2D eigenvalue weighted by Gasteiger charge is -2.30. The number of carbonyl (C=O) groups excluding carboxylic acids is 3. The highest BCUT2D eigenvalue weighted by Crippen LogP contribution is 2.37. The average Bonchev–Trinajstić information content (AvgIpc) is 2.94. The highest BCUT2D eigenvalue weighted by atomic mass is 19.1. The van der Waals surface area contributed by atoms with Gasteiger partial charge in [-0.25, -0.2) is 18.5 Å². The summed E-state index contributed by atoms with van der Waals surface area (Å²) in [6.07, 6.45) is 1.51. The van der Waals surface area contributed by atoms with Gasteiger partial charge in [-0.2, -0.15) is 0 Å². The number of urea groups is 1. The molecule has 0 aliphatic carbocycles. The molecule has 1 unspecified atom stereocenters. The van der Waals surface area contributed by atoms with Crippen molar-refractivity contribution in [2.75, 3.05) is 31.0 Å². The third-order valence-corrected chi connectivity index (χ3v) is 6.21. The quantitative estimate of drug-likeness (QED) is 0.323. The molecule has 0 saturated carbocycles. The van der Waals surface area contributed by atoms with E-state index in [-0.39, 0.29) is 23.7 Å². The number of fused-ring (bicyclic) bond motifs is 1. The molecule has 2 N–H and O–H groups in total. The molecule has 1 aromatic heterocycles. The van der Waals surface area contributed by atoms with E-state index in [2.05, 4.69) is 15.6 Å². The molecule has 0 bridgehead atoms. The van der Waals surface area contributed by atoms with E-state index in [4.69, 9.17) is 14.2 Å². The normalized spacial score (nSPS) is 15.0. The van der Waals surface area contributed by atoms with Crippen molar-refractivity contribution in [3.63, 3.8) is 0 Å². The van der Waals surface area contributed by atoms with E-state index in [1.54, 1.807) is 18.2 Å². The van der Waals surface area contributed by atoms with E-state index in [0.717, 1.165) is 23.1 Å². The lowest BCUT2D eigenvalue weighted by Crippen LogP contribution is -2.58. The summed E-state index contributed by atoms with van der Waals surface area (Å²) in [7, 11) is 2.99. The minimum absolute atomic E-state index is 0.0684. The van der Waals surface area contributed by atoms with Gasteiger partial charge in [-0.05, 0) is 48.5 Å². The number of benzene rings is 3. The average molecular weight is 549 g/mol. The number of halogens is 2. The van der Waals surface area contributed by atoms with E-state index in [1.165, 1.54) is 44.7 Å². The molecule has 5 rings (SSSR count). The van der Waals surface area contributed by atoms with Crippen LogP contribution in [0.5, 0.6) is 23.0 Å². The van der Waals surface area contributed by atoms with Crippen molar-refractivity contribution in [3.05, 3.63) is 78.5 Å². The van der Waals surface area contributed by atoms with Gasteiger partial charge in [0.15, 0.2) is 23.1 Å². The Hall–Kier alpha value is -5.26. The van der Waals surface area contributed by atoms with Gasteiger partial charge < -0.3 is 24.8 Å². The van der Waals surface area contributed by atoms with Crippen LogP contribution in [0, 0.1) is 17.6 Å². The summed E-state index contributed by atoms with van der Waals surface area (Å²) in [6.45, 7) is -0.256. The zero-order valence-electron chi connectivity index (χ0n) is 21.2. The smallest absolute Gasteiger partial charge is 0.328 e. The third kappa shape index (κ3) is 5.06. The molecular weight excluding hydrogens is 526 g/mol. The number of hydrogen-bond donors (Lipinski definition) is 2. The maximum Gasteiger partial charge on any atom is 0.328 e. The molecule has 12 heteroatoms. The zero-order chi connectivity index (χ0) is 28.4. The first-order valence-electron chi connectivity index (χ1n) is 12.0. The van der Waals surface area contributed by atoms with Crippen molar-refractivity contribution in [1.29, 1.82) is 0 Å². The van der Waals surface area contributed by atoms with Crippen LogP contribution in [0.15, 0.2) is 66.9 Å². The number of ether oxygens (including phenoxy) is 3. The maximum absolute atomic E-state index is 15.0. The number of nitrogens with zero attached hydrogens (tertiary/aromatic N) is 2. The topological polar surface area (TPSA) is 119 Å². The van der Waals surface area contributed by atoms with Crippen LogP contribution in [-0.4, -0.2) is 43.6 Å². The van der Waals surface area contributed by atoms with E-state index in [1.807, 2.05) is 0 Å². The predicted octanol–water partition coefficient (Wildman–Crippen LogP) is 4.63. The molecule has 40 heavy (non-hydrogen) atoms. The number of amides is 4. The minimum atomic E-state index is -1.29. The van der Waals surface area contributed by atoms with Crippen molar-refractivity contribution >= 4 is 40.1 Å².